The van der Waals surface area contributed by atoms with Gasteiger partial charge in [-0.05, 0) is 63.1 Å². The maximum absolute atomic E-state index is 9.38. The lowest BCUT2D eigenvalue weighted by Crippen LogP contribution is -2.39. The van der Waals surface area contributed by atoms with Crippen LogP contribution in [0.1, 0.15) is 26.2 Å². The van der Waals surface area contributed by atoms with Gasteiger partial charge in [0.25, 0.3) is 0 Å². The quantitative estimate of drug-likeness (QED) is 0.656. The Balaban J connectivity index is 1.38. The summed E-state index contributed by atoms with van der Waals surface area (Å²) in [7, 11) is 0. The van der Waals surface area contributed by atoms with Crippen molar-refractivity contribution in [2.24, 2.45) is 0 Å². The number of fused-ring (bicyclic) bond motifs is 2. The first kappa shape index (κ1) is 20.0. The second-order valence-electron chi connectivity index (χ2n) is 7.46. The fourth-order valence-corrected chi connectivity index (χ4v) is 5.29. The third kappa shape index (κ3) is 4.66. The largest absolute Gasteiger partial charge is 0.368 e. The van der Waals surface area contributed by atoms with Crippen LogP contribution in [0.4, 0.5) is 11.4 Å². The molecule has 1 atom stereocenters. The molecular weight excluding hydrogens is 392 g/mol. The van der Waals surface area contributed by atoms with Crippen molar-refractivity contribution < 1.29 is 9.84 Å². The number of likely N-dealkylation sites (tertiary alicyclic amines) is 1. The Labute approximate surface area is 176 Å². The number of rotatable bonds is 6. The van der Waals surface area contributed by atoms with E-state index in [2.05, 4.69) is 46.2 Å². The minimum atomic E-state index is -0.666. The zero-order chi connectivity index (χ0) is 19.5. The van der Waals surface area contributed by atoms with Crippen molar-refractivity contribution in [3.05, 3.63) is 47.5 Å². The molecule has 1 saturated heterocycles. The number of ether oxygens (including phenoxy) is 1. The smallest absolute Gasteiger partial charge is 0.152 e. The number of aliphatic hydroxyl groups excluding tert-OH is 1. The number of halogens is 1. The number of nitrogens with zero attached hydrogens (tertiary/aromatic N) is 2. The van der Waals surface area contributed by atoms with Gasteiger partial charge in [-0.15, -0.1) is 0 Å². The average molecular weight is 419 g/mol. The van der Waals surface area contributed by atoms with Crippen LogP contribution in [0.15, 0.2) is 52.3 Å². The van der Waals surface area contributed by atoms with E-state index in [4.69, 9.17) is 16.3 Å². The normalized spacial score (nSPS) is 18.6. The molecule has 1 unspecified atom stereocenters. The zero-order valence-corrected chi connectivity index (χ0v) is 17.8. The molecule has 150 valence electrons. The van der Waals surface area contributed by atoms with Crippen molar-refractivity contribution in [1.82, 2.24) is 4.90 Å². The van der Waals surface area contributed by atoms with Gasteiger partial charge in [-0.2, -0.15) is 0 Å². The van der Waals surface area contributed by atoms with Crippen LogP contribution in [-0.2, 0) is 4.74 Å². The predicted molar refractivity (Wildman–Crippen MR) is 116 cm³/mol. The Kier molecular flexibility index (Phi) is 6.48. The molecule has 1 N–H and O–H groups in total. The van der Waals surface area contributed by atoms with Crippen LogP contribution in [0.5, 0.6) is 0 Å². The van der Waals surface area contributed by atoms with Crippen LogP contribution < -0.4 is 4.90 Å². The molecule has 0 aliphatic carbocycles. The molecule has 4 rings (SSSR count). The lowest BCUT2D eigenvalue weighted by molar-refractivity contribution is -0.136. The van der Waals surface area contributed by atoms with Crippen molar-refractivity contribution >= 4 is 34.7 Å². The molecule has 0 bridgehead atoms. The number of anilines is 2. The number of piperidine rings is 1. The van der Waals surface area contributed by atoms with E-state index in [0.29, 0.717) is 0 Å². The maximum atomic E-state index is 9.38. The lowest BCUT2D eigenvalue weighted by Gasteiger charge is -2.35. The van der Waals surface area contributed by atoms with Gasteiger partial charge < -0.3 is 19.6 Å². The molecule has 0 spiro atoms. The van der Waals surface area contributed by atoms with Crippen molar-refractivity contribution in [3.8, 4) is 0 Å². The summed E-state index contributed by atoms with van der Waals surface area (Å²) in [5.74, 6) is 0. The maximum Gasteiger partial charge on any atom is 0.152 e. The van der Waals surface area contributed by atoms with E-state index in [1.165, 1.54) is 21.2 Å². The molecule has 4 nitrogen and oxygen atoms in total. The molecular formula is C22H27ClN2O2S. The minimum Gasteiger partial charge on any atom is -0.368 e. The monoisotopic (exact) mass is 418 g/mol. The lowest BCUT2D eigenvalue weighted by atomic mass is 10.1. The Morgan fingerprint density at radius 1 is 1.11 bits per heavy atom. The third-order valence-corrected chi connectivity index (χ3v) is 6.73. The Morgan fingerprint density at radius 3 is 2.64 bits per heavy atom. The van der Waals surface area contributed by atoms with Crippen molar-refractivity contribution in [2.45, 2.75) is 48.4 Å². The molecule has 28 heavy (non-hydrogen) atoms. The van der Waals surface area contributed by atoms with Crippen molar-refractivity contribution in [2.75, 3.05) is 31.1 Å². The molecule has 6 heteroatoms. The number of para-hydroxylation sites is 1. The van der Waals surface area contributed by atoms with Gasteiger partial charge in [-0.3, -0.25) is 0 Å². The van der Waals surface area contributed by atoms with Gasteiger partial charge in [0, 0.05) is 34.4 Å². The molecule has 2 aliphatic heterocycles. The van der Waals surface area contributed by atoms with Gasteiger partial charge in [0.2, 0.25) is 0 Å². The van der Waals surface area contributed by atoms with Gasteiger partial charge in [-0.25, -0.2) is 0 Å². The summed E-state index contributed by atoms with van der Waals surface area (Å²) >= 11 is 8.12. The van der Waals surface area contributed by atoms with E-state index < -0.39 is 6.29 Å². The Bertz CT molecular complexity index is 809. The summed E-state index contributed by atoms with van der Waals surface area (Å²) in [4.78, 5) is 7.48. The Hall–Kier alpha value is -1.24. The first-order valence-corrected chi connectivity index (χ1v) is 11.2. The highest BCUT2D eigenvalue weighted by atomic mass is 35.5. The summed E-state index contributed by atoms with van der Waals surface area (Å²) in [6.07, 6.45) is 2.60. The van der Waals surface area contributed by atoms with Gasteiger partial charge in [0.1, 0.15) is 0 Å². The van der Waals surface area contributed by atoms with E-state index in [0.717, 1.165) is 50.5 Å². The van der Waals surface area contributed by atoms with Crippen LogP contribution in [0.2, 0.25) is 5.02 Å². The summed E-state index contributed by atoms with van der Waals surface area (Å²) in [6, 6.07) is 14.8. The predicted octanol–water partition coefficient (Wildman–Crippen LogP) is 5.15. The SMILES string of the molecule is CC(O)OC1CCN(CCCN2c3ccccc3Sc3ccc(Cl)cc32)CC1. The number of benzene rings is 2. The van der Waals surface area contributed by atoms with Crippen LogP contribution in [0.25, 0.3) is 0 Å². The second kappa shape index (κ2) is 9.06. The summed E-state index contributed by atoms with van der Waals surface area (Å²) in [6.45, 7) is 5.79. The summed E-state index contributed by atoms with van der Waals surface area (Å²) in [5, 5.41) is 10.2. The molecule has 0 saturated carbocycles. The van der Waals surface area contributed by atoms with Crippen molar-refractivity contribution in [3.63, 3.8) is 0 Å². The highest BCUT2D eigenvalue weighted by molar-refractivity contribution is 7.99. The Morgan fingerprint density at radius 2 is 1.86 bits per heavy atom. The third-order valence-electron chi connectivity index (χ3n) is 5.37. The van der Waals surface area contributed by atoms with Gasteiger partial charge in [0.05, 0.1) is 17.5 Å². The number of hydrogen-bond acceptors (Lipinski definition) is 5. The van der Waals surface area contributed by atoms with E-state index in [1.54, 1.807) is 6.92 Å². The molecule has 0 radical (unpaired) electrons. The fourth-order valence-electron chi connectivity index (χ4n) is 4.04. The van der Waals surface area contributed by atoms with Crippen LogP contribution >= 0.6 is 23.4 Å². The van der Waals surface area contributed by atoms with E-state index in [1.807, 2.05) is 17.8 Å². The highest BCUT2D eigenvalue weighted by Gasteiger charge is 2.24. The van der Waals surface area contributed by atoms with Crippen LogP contribution in [-0.4, -0.2) is 48.6 Å². The average Bonchev–Trinajstić information content (AvgIpc) is 2.68. The number of hydrogen-bond donors (Lipinski definition) is 1. The van der Waals surface area contributed by atoms with Gasteiger partial charge >= 0.3 is 0 Å². The topological polar surface area (TPSA) is 35.9 Å². The molecule has 2 aliphatic rings. The summed E-state index contributed by atoms with van der Waals surface area (Å²) < 4.78 is 5.53. The standard InChI is InChI=1S/C22H27ClN2O2S/c1-16(26)27-18-9-13-24(14-10-18)11-4-12-25-19-5-2-3-6-21(19)28-22-8-7-17(23)15-20(22)25/h2-3,5-8,15-16,18,26H,4,9-14H2,1H3. The van der Waals surface area contributed by atoms with Crippen LogP contribution in [0, 0.1) is 0 Å². The summed E-state index contributed by atoms with van der Waals surface area (Å²) in [5.41, 5.74) is 2.48. The van der Waals surface area contributed by atoms with E-state index >= 15 is 0 Å². The second-order valence-corrected chi connectivity index (χ2v) is 8.98. The molecule has 2 aromatic rings. The fraction of sp³-hybridized carbons (Fsp3) is 0.455. The first-order valence-electron chi connectivity index (χ1n) is 10.00. The van der Waals surface area contributed by atoms with E-state index in [9.17, 15) is 5.11 Å². The molecule has 0 amide bonds. The molecule has 2 heterocycles. The van der Waals surface area contributed by atoms with Crippen molar-refractivity contribution in [1.29, 1.82) is 0 Å². The molecule has 2 aromatic carbocycles. The highest BCUT2D eigenvalue weighted by Crippen LogP contribution is 2.48. The molecule has 1 fully saturated rings. The van der Waals surface area contributed by atoms with E-state index in [-0.39, 0.29) is 6.10 Å². The first-order chi connectivity index (χ1) is 13.6. The zero-order valence-electron chi connectivity index (χ0n) is 16.2. The number of aliphatic hydroxyl groups is 1. The van der Waals surface area contributed by atoms with Crippen LogP contribution in [0.3, 0.4) is 0 Å². The minimum absolute atomic E-state index is 0.191. The molecule has 0 aromatic heterocycles. The van der Waals surface area contributed by atoms with Gasteiger partial charge in [-0.1, -0.05) is 35.5 Å². The van der Waals surface area contributed by atoms with Gasteiger partial charge in [0.15, 0.2) is 6.29 Å².